The van der Waals surface area contributed by atoms with E-state index in [2.05, 4.69) is 45.9 Å². The smallest absolute Gasteiger partial charge is 0.239 e. The number of carbonyl (C=O) groups excluding carboxylic acids is 1. The first-order chi connectivity index (χ1) is 13.2. The van der Waals surface area contributed by atoms with Gasteiger partial charge in [0.15, 0.2) is 0 Å². The number of nitrogens with zero attached hydrogens (tertiary/aromatic N) is 1. The maximum absolute atomic E-state index is 13.0. The third-order valence-corrected chi connectivity index (χ3v) is 7.17. The number of carbonyl (C=O) groups is 1. The molecule has 0 unspecified atom stereocenters. The lowest BCUT2D eigenvalue weighted by Gasteiger charge is -2.35. The maximum atomic E-state index is 13.0. The van der Waals surface area contributed by atoms with Crippen LogP contribution < -0.4 is 10.6 Å². The Morgan fingerprint density at radius 3 is 2.59 bits per heavy atom. The molecular weight excluding hydrogens is 334 g/mol. The van der Waals surface area contributed by atoms with Crippen molar-refractivity contribution in [3.8, 4) is 0 Å². The van der Waals surface area contributed by atoms with Gasteiger partial charge >= 0.3 is 0 Å². The standard InChI is InChI=1S/C23H35N3O/c27-22(21-17-23(18-25-21)11-13-24-14-12-23)26-15-9-20(10-16-26)8-4-7-19-5-2-1-3-6-19/h1-3,5-6,20-21,24-25H,4,7-18H2/t21-/m0/s1. The van der Waals surface area contributed by atoms with Crippen LogP contribution in [0, 0.1) is 11.3 Å². The second-order valence-electron chi connectivity index (χ2n) is 9.03. The number of amides is 1. The van der Waals surface area contributed by atoms with Gasteiger partial charge in [0, 0.05) is 19.6 Å². The molecule has 3 aliphatic heterocycles. The fourth-order valence-electron chi connectivity index (χ4n) is 5.33. The van der Waals surface area contributed by atoms with Crippen LogP contribution in [0.25, 0.3) is 0 Å². The van der Waals surface area contributed by atoms with Gasteiger partial charge in [0.1, 0.15) is 0 Å². The summed E-state index contributed by atoms with van der Waals surface area (Å²) >= 11 is 0. The largest absolute Gasteiger partial charge is 0.341 e. The zero-order valence-electron chi connectivity index (χ0n) is 16.6. The molecule has 0 aromatic heterocycles. The highest BCUT2D eigenvalue weighted by Crippen LogP contribution is 2.38. The van der Waals surface area contributed by atoms with Crippen molar-refractivity contribution < 1.29 is 4.79 Å². The molecule has 1 aromatic rings. The van der Waals surface area contributed by atoms with Crippen molar-refractivity contribution in [1.82, 2.24) is 15.5 Å². The number of hydrogen-bond acceptors (Lipinski definition) is 3. The quantitative estimate of drug-likeness (QED) is 0.839. The highest BCUT2D eigenvalue weighted by Gasteiger charge is 2.43. The summed E-state index contributed by atoms with van der Waals surface area (Å²) in [5, 5.41) is 7.01. The molecule has 0 radical (unpaired) electrons. The van der Waals surface area contributed by atoms with Gasteiger partial charge in [0.25, 0.3) is 0 Å². The SMILES string of the molecule is O=C([C@@H]1CC2(CCNCC2)CN1)N1CCC(CCCc2ccccc2)CC1. The van der Waals surface area contributed by atoms with Crippen LogP contribution in [-0.4, -0.2) is 49.6 Å². The summed E-state index contributed by atoms with van der Waals surface area (Å²) in [4.78, 5) is 15.1. The Bertz CT molecular complexity index is 603. The molecular formula is C23H35N3O. The molecule has 4 rings (SSSR count). The highest BCUT2D eigenvalue weighted by molar-refractivity contribution is 5.82. The van der Waals surface area contributed by atoms with E-state index in [9.17, 15) is 4.79 Å². The second-order valence-corrected chi connectivity index (χ2v) is 9.03. The molecule has 1 aromatic carbocycles. The molecule has 1 atom stereocenters. The molecule has 3 saturated heterocycles. The Morgan fingerprint density at radius 2 is 1.85 bits per heavy atom. The van der Waals surface area contributed by atoms with Gasteiger partial charge in [-0.1, -0.05) is 30.3 Å². The minimum absolute atomic E-state index is 0.0673. The molecule has 4 heteroatoms. The van der Waals surface area contributed by atoms with Gasteiger partial charge in [0.2, 0.25) is 5.91 Å². The van der Waals surface area contributed by atoms with Gasteiger partial charge in [-0.15, -0.1) is 0 Å². The van der Waals surface area contributed by atoms with E-state index < -0.39 is 0 Å². The third kappa shape index (κ3) is 4.72. The number of likely N-dealkylation sites (tertiary alicyclic amines) is 1. The molecule has 148 valence electrons. The van der Waals surface area contributed by atoms with Crippen molar-refractivity contribution in [2.24, 2.45) is 11.3 Å². The van der Waals surface area contributed by atoms with E-state index in [0.717, 1.165) is 45.1 Å². The van der Waals surface area contributed by atoms with Crippen molar-refractivity contribution in [3.05, 3.63) is 35.9 Å². The molecule has 4 nitrogen and oxygen atoms in total. The lowest BCUT2D eigenvalue weighted by Crippen LogP contribution is -2.47. The predicted octanol–water partition coefficient (Wildman–Crippen LogP) is 2.98. The Morgan fingerprint density at radius 1 is 1.11 bits per heavy atom. The van der Waals surface area contributed by atoms with E-state index >= 15 is 0 Å². The fraction of sp³-hybridized carbons (Fsp3) is 0.696. The summed E-state index contributed by atoms with van der Waals surface area (Å²) in [5.41, 5.74) is 1.82. The molecule has 3 heterocycles. The normalized spacial score (nSPS) is 25.8. The third-order valence-electron chi connectivity index (χ3n) is 7.17. The zero-order valence-corrected chi connectivity index (χ0v) is 16.6. The van der Waals surface area contributed by atoms with Crippen molar-refractivity contribution in [2.75, 3.05) is 32.7 Å². The number of aryl methyl sites for hydroxylation is 1. The van der Waals surface area contributed by atoms with Gasteiger partial charge in [-0.2, -0.15) is 0 Å². The summed E-state index contributed by atoms with van der Waals surface area (Å²) < 4.78 is 0. The Labute approximate surface area is 164 Å². The first-order valence-corrected chi connectivity index (χ1v) is 11.0. The van der Waals surface area contributed by atoms with Crippen molar-refractivity contribution in [3.63, 3.8) is 0 Å². The van der Waals surface area contributed by atoms with Crippen LogP contribution in [0.15, 0.2) is 30.3 Å². The highest BCUT2D eigenvalue weighted by atomic mass is 16.2. The Hall–Kier alpha value is -1.39. The number of rotatable bonds is 5. The minimum Gasteiger partial charge on any atom is -0.341 e. The first-order valence-electron chi connectivity index (χ1n) is 11.0. The average molecular weight is 370 g/mol. The van der Waals surface area contributed by atoms with E-state index in [1.165, 1.54) is 50.5 Å². The molecule has 1 amide bonds. The van der Waals surface area contributed by atoms with Gasteiger partial charge in [-0.3, -0.25) is 4.79 Å². The van der Waals surface area contributed by atoms with Crippen LogP contribution in [0.3, 0.4) is 0 Å². The first kappa shape index (κ1) is 18.9. The van der Waals surface area contributed by atoms with Crippen molar-refractivity contribution in [1.29, 1.82) is 0 Å². The molecule has 1 spiro atoms. The summed E-state index contributed by atoms with van der Waals surface area (Å²) in [7, 11) is 0. The van der Waals surface area contributed by atoms with Crippen molar-refractivity contribution >= 4 is 5.91 Å². The molecule has 2 N–H and O–H groups in total. The van der Waals surface area contributed by atoms with E-state index in [0.29, 0.717) is 11.3 Å². The molecule has 0 bridgehead atoms. The van der Waals surface area contributed by atoms with E-state index in [1.807, 2.05) is 0 Å². The van der Waals surface area contributed by atoms with Gasteiger partial charge < -0.3 is 15.5 Å². The minimum atomic E-state index is 0.0673. The van der Waals surface area contributed by atoms with E-state index in [4.69, 9.17) is 0 Å². The Balaban J connectivity index is 1.18. The number of piperidine rings is 2. The van der Waals surface area contributed by atoms with Crippen LogP contribution in [-0.2, 0) is 11.2 Å². The van der Waals surface area contributed by atoms with E-state index in [1.54, 1.807) is 0 Å². The Kier molecular flexibility index (Phi) is 6.14. The van der Waals surface area contributed by atoms with Gasteiger partial charge in [0.05, 0.1) is 6.04 Å². The number of benzene rings is 1. The van der Waals surface area contributed by atoms with Crippen LogP contribution in [0.1, 0.15) is 50.5 Å². The van der Waals surface area contributed by atoms with E-state index in [-0.39, 0.29) is 6.04 Å². The fourth-order valence-corrected chi connectivity index (χ4v) is 5.33. The molecule has 0 aliphatic carbocycles. The van der Waals surface area contributed by atoms with Crippen LogP contribution in [0.2, 0.25) is 0 Å². The number of nitrogens with one attached hydrogen (secondary N) is 2. The van der Waals surface area contributed by atoms with Gasteiger partial charge in [-0.05, 0) is 81.4 Å². The van der Waals surface area contributed by atoms with Crippen LogP contribution in [0.4, 0.5) is 0 Å². The summed E-state index contributed by atoms with van der Waals surface area (Å²) in [6.45, 7) is 5.16. The lowest BCUT2D eigenvalue weighted by atomic mass is 9.77. The second kappa shape index (κ2) is 8.74. The van der Waals surface area contributed by atoms with Gasteiger partial charge in [-0.25, -0.2) is 0 Å². The summed E-state index contributed by atoms with van der Waals surface area (Å²) in [6.07, 6.45) is 9.59. The predicted molar refractivity (Wildman–Crippen MR) is 110 cm³/mol. The zero-order chi connectivity index (χ0) is 18.5. The molecule has 3 aliphatic rings. The number of hydrogen-bond donors (Lipinski definition) is 2. The molecule has 3 fully saturated rings. The molecule has 27 heavy (non-hydrogen) atoms. The summed E-state index contributed by atoms with van der Waals surface area (Å²) in [5.74, 6) is 1.17. The van der Waals surface area contributed by atoms with Crippen LogP contribution in [0.5, 0.6) is 0 Å². The monoisotopic (exact) mass is 369 g/mol. The lowest BCUT2D eigenvalue weighted by molar-refractivity contribution is -0.134. The topological polar surface area (TPSA) is 44.4 Å². The summed E-state index contributed by atoms with van der Waals surface area (Å²) in [6, 6.07) is 10.9. The maximum Gasteiger partial charge on any atom is 0.239 e. The average Bonchev–Trinajstić information content (AvgIpc) is 3.12. The van der Waals surface area contributed by atoms with Crippen LogP contribution >= 0.6 is 0 Å². The van der Waals surface area contributed by atoms with Crippen molar-refractivity contribution in [2.45, 2.75) is 57.4 Å². The molecule has 0 saturated carbocycles.